The summed E-state index contributed by atoms with van der Waals surface area (Å²) in [5.41, 5.74) is 6.29. The number of carbonyl (C=O) groups excluding carboxylic acids is 2. The molecule has 1 saturated heterocycles. The summed E-state index contributed by atoms with van der Waals surface area (Å²) >= 11 is 0. The lowest BCUT2D eigenvalue weighted by Crippen LogP contribution is -2.55. The van der Waals surface area contributed by atoms with Gasteiger partial charge in [0.05, 0.1) is 6.54 Å². The fraction of sp³-hybridized carbons (Fsp3) is 0.467. The van der Waals surface area contributed by atoms with Gasteiger partial charge in [-0.3, -0.25) is 9.59 Å². The number of nitrogens with two attached hydrogens (primary N) is 1. The molecule has 1 aliphatic rings. The first kappa shape index (κ1) is 15.2. The van der Waals surface area contributed by atoms with Crippen molar-refractivity contribution in [2.45, 2.75) is 13.3 Å². The number of nitrogens with zero attached hydrogens (tertiary/aromatic N) is 2. The molecule has 2 amide bonds. The molecule has 2 rings (SSSR count). The average molecular weight is 291 g/mol. The number of ether oxygens (including phenoxy) is 1. The normalized spacial score (nSPS) is 15.5. The number of nitrogen functional groups attached to an aromatic ring is 1. The number of anilines is 1. The highest BCUT2D eigenvalue weighted by molar-refractivity contribution is 6.35. The van der Waals surface area contributed by atoms with E-state index in [-0.39, 0.29) is 0 Å². The molecule has 1 aromatic rings. The van der Waals surface area contributed by atoms with Gasteiger partial charge >= 0.3 is 11.8 Å². The van der Waals surface area contributed by atoms with Crippen LogP contribution in [-0.4, -0.2) is 54.4 Å². The summed E-state index contributed by atoms with van der Waals surface area (Å²) in [6.45, 7) is 4.53. The van der Waals surface area contributed by atoms with Gasteiger partial charge in [-0.1, -0.05) is 13.0 Å². The fourth-order valence-corrected chi connectivity index (χ4v) is 2.29. The van der Waals surface area contributed by atoms with Crippen LogP contribution in [0.3, 0.4) is 0 Å². The zero-order valence-corrected chi connectivity index (χ0v) is 12.2. The molecule has 0 unspecified atom stereocenters. The number of hydrogen-bond donors (Lipinski definition) is 1. The summed E-state index contributed by atoms with van der Waals surface area (Å²) < 4.78 is 5.55. The van der Waals surface area contributed by atoms with Crippen molar-refractivity contribution in [3.05, 3.63) is 24.3 Å². The Kier molecular flexibility index (Phi) is 5.03. The number of amides is 2. The highest BCUT2D eigenvalue weighted by Gasteiger charge is 2.31. The van der Waals surface area contributed by atoms with E-state index in [1.807, 2.05) is 19.1 Å². The van der Waals surface area contributed by atoms with E-state index in [1.54, 1.807) is 21.9 Å². The van der Waals surface area contributed by atoms with Crippen LogP contribution in [-0.2, 0) is 9.59 Å². The van der Waals surface area contributed by atoms with Crippen LogP contribution in [0.15, 0.2) is 24.3 Å². The van der Waals surface area contributed by atoms with Crippen molar-refractivity contribution in [3.8, 4) is 5.75 Å². The van der Waals surface area contributed by atoms with Crippen LogP contribution < -0.4 is 10.5 Å². The lowest BCUT2D eigenvalue weighted by atomic mass is 10.2. The Morgan fingerprint density at radius 2 is 1.81 bits per heavy atom. The maximum atomic E-state index is 12.0. The second-order valence-electron chi connectivity index (χ2n) is 5.01. The Morgan fingerprint density at radius 1 is 1.14 bits per heavy atom. The average Bonchev–Trinajstić information content (AvgIpc) is 2.47. The van der Waals surface area contributed by atoms with Gasteiger partial charge in [-0.15, -0.1) is 0 Å². The molecule has 114 valence electrons. The van der Waals surface area contributed by atoms with Gasteiger partial charge in [0.15, 0.2) is 0 Å². The molecule has 2 N–H and O–H groups in total. The first-order valence-corrected chi connectivity index (χ1v) is 7.18. The fourth-order valence-electron chi connectivity index (χ4n) is 2.29. The predicted molar refractivity (Wildman–Crippen MR) is 79.8 cm³/mol. The second-order valence-corrected chi connectivity index (χ2v) is 5.01. The molecule has 0 spiro atoms. The third-order valence-electron chi connectivity index (χ3n) is 3.38. The Bertz CT molecular complexity index is 519. The van der Waals surface area contributed by atoms with Crippen molar-refractivity contribution < 1.29 is 14.3 Å². The van der Waals surface area contributed by atoms with E-state index in [0.717, 1.165) is 6.42 Å². The first-order chi connectivity index (χ1) is 10.1. The van der Waals surface area contributed by atoms with Crippen LogP contribution in [0.1, 0.15) is 13.3 Å². The van der Waals surface area contributed by atoms with E-state index >= 15 is 0 Å². The van der Waals surface area contributed by atoms with E-state index in [0.29, 0.717) is 44.2 Å². The van der Waals surface area contributed by atoms with Crippen molar-refractivity contribution in [1.82, 2.24) is 9.80 Å². The van der Waals surface area contributed by atoms with Gasteiger partial charge in [-0.2, -0.15) is 0 Å². The molecule has 1 fully saturated rings. The molecule has 6 nitrogen and oxygen atoms in total. The van der Waals surface area contributed by atoms with Crippen LogP contribution in [0.2, 0.25) is 0 Å². The maximum Gasteiger partial charge on any atom is 0.312 e. The molecule has 0 aromatic heterocycles. The summed E-state index contributed by atoms with van der Waals surface area (Å²) in [7, 11) is 0. The van der Waals surface area contributed by atoms with Crippen LogP contribution in [0, 0.1) is 0 Å². The Hall–Kier alpha value is -2.24. The van der Waals surface area contributed by atoms with Crippen molar-refractivity contribution >= 4 is 17.5 Å². The number of rotatable bonds is 6. The van der Waals surface area contributed by atoms with E-state index in [4.69, 9.17) is 10.5 Å². The smallest absolute Gasteiger partial charge is 0.312 e. The highest BCUT2D eigenvalue weighted by atomic mass is 16.5. The van der Waals surface area contributed by atoms with Crippen molar-refractivity contribution in [2.75, 3.05) is 38.5 Å². The number of piperazine rings is 1. The minimum absolute atomic E-state index is 0.344. The molecule has 0 aliphatic carbocycles. The molecule has 0 saturated carbocycles. The van der Waals surface area contributed by atoms with Crippen LogP contribution >= 0.6 is 0 Å². The van der Waals surface area contributed by atoms with Gasteiger partial charge < -0.3 is 20.3 Å². The molecule has 0 atom stereocenters. The topological polar surface area (TPSA) is 75.9 Å². The SMILES string of the molecule is CCCN1CCN(CCOc2cccc(N)c2)C(=O)C1=O. The molecule has 21 heavy (non-hydrogen) atoms. The van der Waals surface area contributed by atoms with Crippen LogP contribution in [0.5, 0.6) is 5.75 Å². The van der Waals surface area contributed by atoms with Gasteiger partial charge in [0.25, 0.3) is 0 Å². The molecule has 1 heterocycles. The molecule has 1 aromatic carbocycles. The maximum absolute atomic E-state index is 12.0. The summed E-state index contributed by atoms with van der Waals surface area (Å²) in [4.78, 5) is 27.0. The van der Waals surface area contributed by atoms with Gasteiger partial charge in [0.1, 0.15) is 12.4 Å². The lowest BCUT2D eigenvalue weighted by Gasteiger charge is -2.33. The summed E-state index contributed by atoms with van der Waals surface area (Å²) in [6.07, 6.45) is 0.859. The molecular weight excluding hydrogens is 270 g/mol. The van der Waals surface area contributed by atoms with E-state index in [2.05, 4.69) is 0 Å². The predicted octanol–water partition coefficient (Wildman–Crippen LogP) is 0.728. The minimum Gasteiger partial charge on any atom is -0.492 e. The summed E-state index contributed by atoms with van der Waals surface area (Å²) in [6, 6.07) is 7.12. The third-order valence-corrected chi connectivity index (χ3v) is 3.38. The number of carbonyl (C=O) groups is 2. The molecule has 1 aliphatic heterocycles. The molecular formula is C15H21N3O3. The second kappa shape index (κ2) is 6.97. The monoisotopic (exact) mass is 291 g/mol. The van der Waals surface area contributed by atoms with E-state index < -0.39 is 11.8 Å². The minimum atomic E-state index is -0.439. The Labute approximate surface area is 124 Å². The van der Waals surface area contributed by atoms with Crippen molar-refractivity contribution in [3.63, 3.8) is 0 Å². The molecule has 0 bridgehead atoms. The number of hydrogen-bond acceptors (Lipinski definition) is 4. The van der Waals surface area contributed by atoms with Crippen LogP contribution in [0.4, 0.5) is 5.69 Å². The third kappa shape index (κ3) is 3.87. The highest BCUT2D eigenvalue weighted by Crippen LogP contribution is 2.14. The number of benzene rings is 1. The lowest BCUT2D eigenvalue weighted by molar-refractivity contribution is -0.156. The Balaban J connectivity index is 1.81. The van der Waals surface area contributed by atoms with Crippen LogP contribution in [0.25, 0.3) is 0 Å². The molecule has 6 heteroatoms. The molecule has 0 radical (unpaired) electrons. The van der Waals surface area contributed by atoms with Gasteiger partial charge in [0.2, 0.25) is 0 Å². The first-order valence-electron chi connectivity index (χ1n) is 7.18. The van der Waals surface area contributed by atoms with E-state index in [9.17, 15) is 9.59 Å². The van der Waals surface area contributed by atoms with Gasteiger partial charge in [-0.05, 0) is 18.6 Å². The van der Waals surface area contributed by atoms with Gasteiger partial charge in [0, 0.05) is 31.4 Å². The standard InChI is InChI=1S/C15H21N3O3/c1-2-6-17-7-8-18(15(20)14(17)19)9-10-21-13-5-3-4-12(16)11-13/h3-5,11H,2,6-10,16H2,1H3. The zero-order valence-electron chi connectivity index (χ0n) is 12.2. The summed E-state index contributed by atoms with van der Waals surface area (Å²) in [5.74, 6) is -0.184. The largest absolute Gasteiger partial charge is 0.492 e. The van der Waals surface area contributed by atoms with Crippen molar-refractivity contribution in [2.24, 2.45) is 0 Å². The Morgan fingerprint density at radius 3 is 2.43 bits per heavy atom. The zero-order chi connectivity index (χ0) is 15.2. The van der Waals surface area contributed by atoms with Gasteiger partial charge in [-0.25, -0.2) is 0 Å². The van der Waals surface area contributed by atoms with E-state index in [1.165, 1.54) is 0 Å². The summed E-state index contributed by atoms with van der Waals surface area (Å²) in [5, 5.41) is 0. The quantitative estimate of drug-likeness (QED) is 0.619. The van der Waals surface area contributed by atoms with Crippen molar-refractivity contribution in [1.29, 1.82) is 0 Å².